The molecule has 114 valence electrons. The van der Waals surface area contributed by atoms with E-state index in [9.17, 15) is 9.59 Å². The summed E-state index contributed by atoms with van der Waals surface area (Å²) in [4.78, 5) is 25.9. The van der Waals surface area contributed by atoms with Gasteiger partial charge in [0.05, 0.1) is 6.61 Å². The third kappa shape index (κ3) is 1.68. The molecule has 1 aromatic rings. The minimum Gasteiger partial charge on any atom is -0.494 e. The molecule has 2 bridgehead atoms. The summed E-state index contributed by atoms with van der Waals surface area (Å²) < 4.78 is 5.62. The van der Waals surface area contributed by atoms with E-state index in [-0.39, 0.29) is 34.7 Å². The molecule has 1 aromatic carbocycles. The molecule has 3 aliphatic carbocycles. The van der Waals surface area contributed by atoms with Crippen molar-refractivity contribution in [2.24, 2.45) is 23.2 Å². The quantitative estimate of drug-likeness (QED) is 0.799. The molecule has 0 saturated heterocycles. The number of ketones is 2. The van der Waals surface area contributed by atoms with Crippen molar-refractivity contribution >= 4 is 11.6 Å². The predicted octanol–water partition coefficient (Wildman–Crippen LogP) is 3.68. The van der Waals surface area contributed by atoms with Crippen molar-refractivity contribution in [1.29, 1.82) is 0 Å². The van der Waals surface area contributed by atoms with Gasteiger partial charge < -0.3 is 4.74 Å². The van der Waals surface area contributed by atoms with Crippen LogP contribution in [0.3, 0.4) is 0 Å². The Balaban J connectivity index is 1.78. The highest BCUT2D eigenvalue weighted by atomic mass is 16.5. The first kappa shape index (κ1) is 13.7. The second kappa shape index (κ2) is 4.55. The summed E-state index contributed by atoms with van der Waals surface area (Å²) in [5.74, 6) is 0.821. The molecule has 22 heavy (non-hydrogen) atoms. The fourth-order valence-electron chi connectivity index (χ4n) is 4.53. The number of rotatable bonds is 3. The Morgan fingerprint density at radius 1 is 1.23 bits per heavy atom. The van der Waals surface area contributed by atoms with Crippen LogP contribution < -0.4 is 4.74 Å². The smallest absolute Gasteiger partial charge is 0.168 e. The summed E-state index contributed by atoms with van der Waals surface area (Å²) in [7, 11) is 0. The zero-order valence-electron chi connectivity index (χ0n) is 13.0. The number of allylic oxidation sites excluding steroid dienone is 2. The first-order valence-corrected chi connectivity index (χ1v) is 8.10. The molecular weight excluding hydrogens is 276 g/mol. The van der Waals surface area contributed by atoms with Gasteiger partial charge in [0.2, 0.25) is 0 Å². The maximum atomic E-state index is 13.0. The third-order valence-electron chi connectivity index (χ3n) is 5.51. The van der Waals surface area contributed by atoms with Crippen LogP contribution in [0, 0.1) is 23.2 Å². The first-order chi connectivity index (χ1) is 10.5. The average Bonchev–Trinajstić information content (AvgIpc) is 3.04. The van der Waals surface area contributed by atoms with Crippen molar-refractivity contribution in [1.82, 2.24) is 0 Å². The molecule has 3 nitrogen and oxygen atoms in total. The van der Waals surface area contributed by atoms with Crippen LogP contribution in [0.4, 0.5) is 0 Å². The molecule has 4 unspecified atom stereocenters. The van der Waals surface area contributed by atoms with Crippen molar-refractivity contribution in [3.63, 3.8) is 0 Å². The van der Waals surface area contributed by atoms with E-state index < -0.39 is 0 Å². The number of benzene rings is 1. The molecule has 0 heterocycles. The van der Waals surface area contributed by atoms with E-state index in [0.717, 1.165) is 12.8 Å². The van der Waals surface area contributed by atoms with Crippen molar-refractivity contribution in [3.8, 4) is 5.75 Å². The van der Waals surface area contributed by atoms with Crippen molar-refractivity contribution in [2.45, 2.75) is 26.7 Å². The maximum Gasteiger partial charge on any atom is 0.168 e. The summed E-state index contributed by atoms with van der Waals surface area (Å²) in [6.45, 7) is 4.78. The number of carbonyl (C=O) groups excluding carboxylic acids is 2. The minimum absolute atomic E-state index is 0.125. The Labute approximate surface area is 130 Å². The molecule has 0 radical (unpaired) electrons. The van der Waals surface area contributed by atoms with Gasteiger partial charge in [0.1, 0.15) is 5.75 Å². The van der Waals surface area contributed by atoms with Crippen LogP contribution in [0.5, 0.6) is 5.75 Å². The van der Waals surface area contributed by atoms with E-state index in [1.165, 1.54) is 0 Å². The van der Waals surface area contributed by atoms with Crippen LogP contribution in [0.25, 0.3) is 0 Å². The summed E-state index contributed by atoms with van der Waals surface area (Å²) >= 11 is 0. The normalized spacial score (nSPS) is 34.7. The SMILES string of the molecule is CCCOc1ccc2c(c1)C(=O)C1C3C=CC(C)(C3)C1C2=O. The standard InChI is InChI=1S/C19H20O3/c1-3-8-22-12-4-5-13-14(9-12)17(20)15-11-6-7-19(2,10-11)16(15)18(13)21/h4-7,9,11,15-16H,3,8,10H2,1-2H3. The third-order valence-corrected chi connectivity index (χ3v) is 5.51. The fraction of sp³-hybridized carbons (Fsp3) is 0.474. The average molecular weight is 296 g/mol. The Morgan fingerprint density at radius 3 is 2.82 bits per heavy atom. The molecule has 0 amide bonds. The van der Waals surface area contributed by atoms with Gasteiger partial charge in [0, 0.05) is 23.0 Å². The number of fused-ring (bicyclic) bond motifs is 6. The number of hydrogen-bond acceptors (Lipinski definition) is 3. The van der Waals surface area contributed by atoms with Crippen molar-refractivity contribution in [2.75, 3.05) is 6.61 Å². The fourth-order valence-corrected chi connectivity index (χ4v) is 4.53. The number of ether oxygens (including phenoxy) is 1. The van der Waals surface area contributed by atoms with Crippen LogP contribution >= 0.6 is 0 Å². The van der Waals surface area contributed by atoms with Crippen LogP contribution in [0.1, 0.15) is 47.4 Å². The lowest BCUT2D eigenvalue weighted by Gasteiger charge is -2.36. The summed E-state index contributed by atoms with van der Waals surface area (Å²) in [6.07, 6.45) is 6.12. The van der Waals surface area contributed by atoms with E-state index in [0.29, 0.717) is 23.5 Å². The van der Waals surface area contributed by atoms with Gasteiger partial charge in [-0.3, -0.25) is 9.59 Å². The van der Waals surface area contributed by atoms with E-state index in [1.54, 1.807) is 12.1 Å². The van der Waals surface area contributed by atoms with Gasteiger partial charge in [0.25, 0.3) is 0 Å². The van der Waals surface area contributed by atoms with E-state index in [1.807, 2.05) is 13.0 Å². The van der Waals surface area contributed by atoms with Crippen LogP contribution in [0.2, 0.25) is 0 Å². The lowest BCUT2D eigenvalue weighted by Crippen LogP contribution is -2.42. The van der Waals surface area contributed by atoms with Gasteiger partial charge in [-0.05, 0) is 42.4 Å². The highest BCUT2D eigenvalue weighted by Crippen LogP contribution is 2.59. The van der Waals surface area contributed by atoms with Crippen molar-refractivity contribution < 1.29 is 14.3 Å². The maximum absolute atomic E-state index is 13.0. The molecular formula is C19H20O3. The topological polar surface area (TPSA) is 43.4 Å². The van der Waals surface area contributed by atoms with Crippen LogP contribution in [0.15, 0.2) is 30.4 Å². The van der Waals surface area contributed by atoms with E-state index in [4.69, 9.17) is 4.74 Å². The molecule has 4 rings (SSSR count). The van der Waals surface area contributed by atoms with Crippen LogP contribution in [-0.2, 0) is 0 Å². The summed E-state index contributed by atoms with van der Waals surface area (Å²) in [6, 6.07) is 5.35. The second-order valence-corrected chi connectivity index (χ2v) is 7.02. The molecule has 0 N–H and O–H groups in total. The molecule has 3 aliphatic rings. The Kier molecular flexibility index (Phi) is 2.84. The van der Waals surface area contributed by atoms with Gasteiger partial charge in [-0.1, -0.05) is 26.0 Å². The van der Waals surface area contributed by atoms with Gasteiger partial charge in [-0.25, -0.2) is 0 Å². The highest BCUT2D eigenvalue weighted by Gasteiger charge is 2.60. The number of Topliss-reactive ketones (excluding diaryl/α,β-unsaturated/α-hetero) is 2. The molecule has 3 heteroatoms. The van der Waals surface area contributed by atoms with E-state index in [2.05, 4.69) is 19.1 Å². The minimum atomic E-state index is -0.176. The van der Waals surface area contributed by atoms with Gasteiger partial charge in [0.15, 0.2) is 11.6 Å². The Hall–Kier alpha value is -1.90. The Morgan fingerprint density at radius 2 is 2.05 bits per heavy atom. The summed E-state index contributed by atoms with van der Waals surface area (Å²) in [5, 5.41) is 0. The lowest BCUT2D eigenvalue weighted by atomic mass is 9.65. The monoisotopic (exact) mass is 296 g/mol. The zero-order chi connectivity index (χ0) is 15.5. The van der Waals surface area contributed by atoms with Crippen LogP contribution in [-0.4, -0.2) is 18.2 Å². The second-order valence-electron chi connectivity index (χ2n) is 7.02. The predicted molar refractivity (Wildman–Crippen MR) is 83.2 cm³/mol. The molecule has 4 atom stereocenters. The van der Waals surface area contributed by atoms with Gasteiger partial charge in [-0.15, -0.1) is 0 Å². The molecule has 1 fully saturated rings. The van der Waals surface area contributed by atoms with Crippen molar-refractivity contribution in [3.05, 3.63) is 41.5 Å². The highest BCUT2D eigenvalue weighted by molar-refractivity contribution is 6.17. The largest absolute Gasteiger partial charge is 0.494 e. The molecule has 0 spiro atoms. The lowest BCUT2D eigenvalue weighted by molar-refractivity contribution is 0.0676. The van der Waals surface area contributed by atoms with E-state index >= 15 is 0 Å². The molecule has 1 saturated carbocycles. The zero-order valence-corrected chi connectivity index (χ0v) is 13.0. The molecule has 0 aliphatic heterocycles. The Bertz CT molecular complexity index is 703. The number of hydrogen-bond donors (Lipinski definition) is 0. The first-order valence-electron chi connectivity index (χ1n) is 8.10. The summed E-state index contributed by atoms with van der Waals surface area (Å²) in [5.41, 5.74) is 0.999. The van der Waals surface area contributed by atoms with Gasteiger partial charge >= 0.3 is 0 Å². The van der Waals surface area contributed by atoms with Gasteiger partial charge in [-0.2, -0.15) is 0 Å². The molecule has 0 aromatic heterocycles. The number of carbonyl (C=O) groups is 2.